The number of likely N-dealkylation sites (tertiary alicyclic amines) is 1. The van der Waals surface area contributed by atoms with Gasteiger partial charge in [0.05, 0.1) is 6.54 Å². The van der Waals surface area contributed by atoms with Crippen LogP contribution in [0.25, 0.3) is 0 Å². The number of nitrogens with zero attached hydrogens (tertiary/aromatic N) is 3. The molecule has 1 amide bonds. The molecule has 2 fully saturated rings. The monoisotopic (exact) mass is 408 g/mol. The summed E-state index contributed by atoms with van der Waals surface area (Å²) in [5, 5.41) is 4.33. The number of rotatable bonds is 5. The lowest BCUT2D eigenvalue weighted by molar-refractivity contribution is -0.134. The van der Waals surface area contributed by atoms with Crippen LogP contribution in [0.3, 0.4) is 0 Å². The second kappa shape index (κ2) is 10.1. The molecule has 0 radical (unpaired) electrons. The summed E-state index contributed by atoms with van der Waals surface area (Å²) in [5.74, 6) is 0.279. The van der Waals surface area contributed by atoms with Crippen LogP contribution in [-0.2, 0) is 11.3 Å². The van der Waals surface area contributed by atoms with Gasteiger partial charge in [-0.3, -0.25) is 14.6 Å². The van der Waals surface area contributed by atoms with Crippen LogP contribution in [0.1, 0.15) is 18.9 Å². The minimum Gasteiger partial charge on any atom is -0.339 e. The van der Waals surface area contributed by atoms with Gasteiger partial charge < -0.3 is 10.6 Å². The highest BCUT2D eigenvalue weighted by Gasteiger charge is 2.34. The van der Waals surface area contributed by atoms with Crippen molar-refractivity contribution in [1.82, 2.24) is 14.7 Å². The molecule has 25 heavy (non-hydrogen) atoms. The van der Waals surface area contributed by atoms with Crippen LogP contribution in [-0.4, -0.2) is 73.0 Å². The normalized spacial score (nSPS) is 24.6. The van der Waals surface area contributed by atoms with Gasteiger partial charge in [0, 0.05) is 39.3 Å². The molecule has 0 saturated carbocycles. The first-order chi connectivity index (χ1) is 11.1. The molecule has 2 N–H and O–H groups in total. The number of carbonyl (C=O) groups excluding carboxylic acids is 1. The molecule has 0 bridgehead atoms. The first kappa shape index (κ1) is 22.7. The van der Waals surface area contributed by atoms with Crippen molar-refractivity contribution in [3.8, 4) is 0 Å². The van der Waals surface area contributed by atoms with Crippen molar-refractivity contribution in [2.45, 2.75) is 19.9 Å². The number of amides is 1. The zero-order valence-electron chi connectivity index (χ0n) is 14.9. The highest BCUT2D eigenvalue weighted by molar-refractivity contribution is 7.07. The van der Waals surface area contributed by atoms with E-state index in [-0.39, 0.29) is 36.1 Å². The summed E-state index contributed by atoms with van der Waals surface area (Å²) < 4.78 is 0. The molecule has 2 saturated heterocycles. The van der Waals surface area contributed by atoms with E-state index in [9.17, 15) is 4.79 Å². The van der Waals surface area contributed by atoms with Gasteiger partial charge in [-0.05, 0) is 47.3 Å². The summed E-state index contributed by atoms with van der Waals surface area (Å²) in [4.78, 5) is 19.3. The Labute approximate surface area is 167 Å². The Hall–Kier alpha value is -0.370. The summed E-state index contributed by atoms with van der Waals surface area (Å²) in [6, 6.07) is 2.18. The molecule has 5 nitrogen and oxygen atoms in total. The van der Waals surface area contributed by atoms with Gasteiger partial charge >= 0.3 is 0 Å². The smallest absolute Gasteiger partial charge is 0.236 e. The summed E-state index contributed by atoms with van der Waals surface area (Å²) in [5.41, 5.74) is 7.42. The standard InChI is InChI=1S/C17H28N4OS.2ClH/c1-17(13-18)3-4-20(14-17)11-16(22)21-7-5-19(6-8-21)10-15-2-9-23-12-15;;/h2,9,12H,3-8,10-11,13-14,18H2,1H3;2*1H. The molecule has 8 heteroatoms. The lowest BCUT2D eigenvalue weighted by atomic mass is 9.90. The highest BCUT2D eigenvalue weighted by atomic mass is 35.5. The predicted molar refractivity (Wildman–Crippen MR) is 109 cm³/mol. The van der Waals surface area contributed by atoms with E-state index in [2.05, 4.69) is 33.6 Å². The maximum Gasteiger partial charge on any atom is 0.236 e. The first-order valence-electron chi connectivity index (χ1n) is 8.52. The number of nitrogens with two attached hydrogens (primary N) is 1. The van der Waals surface area contributed by atoms with Gasteiger partial charge in [0.2, 0.25) is 5.91 Å². The summed E-state index contributed by atoms with van der Waals surface area (Å²) in [7, 11) is 0. The SMILES string of the molecule is CC1(CN)CCN(CC(=O)N2CCN(Cc3ccsc3)CC2)C1.Cl.Cl. The molecular weight excluding hydrogens is 379 g/mol. The van der Waals surface area contributed by atoms with Gasteiger partial charge in [0.1, 0.15) is 0 Å². The molecule has 1 unspecified atom stereocenters. The minimum absolute atomic E-state index is 0. The van der Waals surface area contributed by atoms with Crippen LogP contribution in [0.15, 0.2) is 16.8 Å². The fourth-order valence-electron chi connectivity index (χ4n) is 3.52. The number of carbonyl (C=O) groups is 1. The molecule has 144 valence electrons. The molecule has 1 aromatic rings. The van der Waals surface area contributed by atoms with E-state index in [1.165, 1.54) is 5.56 Å². The number of piperazine rings is 1. The van der Waals surface area contributed by atoms with E-state index in [0.717, 1.165) is 52.2 Å². The van der Waals surface area contributed by atoms with Crippen LogP contribution >= 0.6 is 36.2 Å². The van der Waals surface area contributed by atoms with Gasteiger partial charge in [-0.2, -0.15) is 11.3 Å². The third-order valence-electron chi connectivity index (χ3n) is 5.20. The Bertz CT molecular complexity index is 523. The first-order valence-corrected chi connectivity index (χ1v) is 9.46. The summed E-state index contributed by atoms with van der Waals surface area (Å²) >= 11 is 1.75. The van der Waals surface area contributed by atoms with E-state index in [4.69, 9.17) is 5.73 Å². The fourth-order valence-corrected chi connectivity index (χ4v) is 4.17. The van der Waals surface area contributed by atoms with Crippen molar-refractivity contribution in [2.75, 3.05) is 52.4 Å². The maximum absolute atomic E-state index is 12.5. The molecule has 2 aliphatic rings. The van der Waals surface area contributed by atoms with Crippen molar-refractivity contribution in [2.24, 2.45) is 11.1 Å². The molecule has 1 atom stereocenters. The average molecular weight is 409 g/mol. The summed E-state index contributed by atoms with van der Waals surface area (Å²) in [6.07, 6.45) is 1.10. The van der Waals surface area contributed by atoms with Crippen LogP contribution < -0.4 is 5.73 Å². The number of hydrogen-bond donors (Lipinski definition) is 1. The second-order valence-corrected chi connectivity index (χ2v) is 8.04. The molecule has 0 aromatic carbocycles. The Morgan fingerprint density at radius 3 is 2.48 bits per heavy atom. The topological polar surface area (TPSA) is 52.8 Å². The minimum atomic E-state index is 0. The van der Waals surface area contributed by atoms with Gasteiger partial charge in [0.25, 0.3) is 0 Å². The molecule has 0 aliphatic carbocycles. The largest absolute Gasteiger partial charge is 0.339 e. The lowest BCUT2D eigenvalue weighted by Crippen LogP contribution is -2.50. The molecule has 2 aliphatic heterocycles. The maximum atomic E-state index is 12.5. The number of thiophene rings is 1. The van der Waals surface area contributed by atoms with Crippen molar-refractivity contribution in [3.05, 3.63) is 22.4 Å². The Kier molecular flexibility index (Phi) is 9.15. The van der Waals surface area contributed by atoms with E-state index in [1.54, 1.807) is 11.3 Å². The Balaban J connectivity index is 0.00000156. The van der Waals surface area contributed by atoms with Gasteiger partial charge in [-0.1, -0.05) is 6.92 Å². The van der Waals surface area contributed by atoms with E-state index in [0.29, 0.717) is 13.1 Å². The van der Waals surface area contributed by atoms with Gasteiger partial charge in [-0.25, -0.2) is 0 Å². The number of hydrogen-bond acceptors (Lipinski definition) is 5. The van der Waals surface area contributed by atoms with Crippen LogP contribution in [0.5, 0.6) is 0 Å². The van der Waals surface area contributed by atoms with E-state index >= 15 is 0 Å². The second-order valence-electron chi connectivity index (χ2n) is 7.26. The van der Waals surface area contributed by atoms with Crippen molar-refractivity contribution in [3.63, 3.8) is 0 Å². The number of halogens is 2. The average Bonchev–Trinajstić information content (AvgIpc) is 3.19. The molecular formula is C17H30Cl2N4OS. The zero-order chi connectivity index (χ0) is 16.3. The summed E-state index contributed by atoms with van der Waals surface area (Å²) in [6.45, 7) is 10.1. The lowest BCUT2D eigenvalue weighted by Gasteiger charge is -2.35. The van der Waals surface area contributed by atoms with Crippen molar-refractivity contribution < 1.29 is 4.79 Å². The quantitative estimate of drug-likeness (QED) is 0.807. The predicted octanol–water partition coefficient (Wildman–Crippen LogP) is 1.91. The van der Waals surface area contributed by atoms with Crippen molar-refractivity contribution >= 4 is 42.1 Å². The highest BCUT2D eigenvalue weighted by Crippen LogP contribution is 2.28. The van der Waals surface area contributed by atoms with E-state index < -0.39 is 0 Å². The van der Waals surface area contributed by atoms with Gasteiger partial charge in [0.15, 0.2) is 0 Å². The Morgan fingerprint density at radius 2 is 1.92 bits per heavy atom. The zero-order valence-corrected chi connectivity index (χ0v) is 17.3. The van der Waals surface area contributed by atoms with Crippen molar-refractivity contribution in [1.29, 1.82) is 0 Å². The molecule has 3 heterocycles. The van der Waals surface area contributed by atoms with E-state index in [1.807, 2.05) is 4.90 Å². The molecule has 0 spiro atoms. The van der Waals surface area contributed by atoms with Crippen LogP contribution in [0.4, 0.5) is 0 Å². The Morgan fingerprint density at radius 1 is 1.20 bits per heavy atom. The third-order valence-corrected chi connectivity index (χ3v) is 5.93. The molecule has 1 aromatic heterocycles. The third kappa shape index (κ3) is 6.08. The van der Waals surface area contributed by atoms with Crippen LogP contribution in [0.2, 0.25) is 0 Å². The van der Waals surface area contributed by atoms with Crippen LogP contribution in [0, 0.1) is 5.41 Å². The fraction of sp³-hybridized carbons (Fsp3) is 0.706. The van der Waals surface area contributed by atoms with Gasteiger partial charge in [-0.15, -0.1) is 24.8 Å². The molecule has 3 rings (SSSR count).